The highest BCUT2D eigenvalue weighted by Gasteiger charge is 2.30. The molecule has 35 heavy (non-hydrogen) atoms. The van der Waals surface area contributed by atoms with Crippen molar-refractivity contribution >= 4 is 57.8 Å². The van der Waals surface area contributed by atoms with Gasteiger partial charge in [-0.3, -0.25) is 9.59 Å². The van der Waals surface area contributed by atoms with E-state index in [0.29, 0.717) is 16.4 Å². The molecule has 0 aromatic heterocycles. The fraction of sp³-hybridized carbons (Fsp3) is 0.160. The van der Waals surface area contributed by atoms with Crippen molar-refractivity contribution in [2.45, 2.75) is 30.2 Å². The van der Waals surface area contributed by atoms with Crippen molar-refractivity contribution in [1.29, 1.82) is 0 Å². The van der Waals surface area contributed by atoms with Crippen molar-refractivity contribution < 1.29 is 22.8 Å². The van der Waals surface area contributed by atoms with Crippen LogP contribution in [0.25, 0.3) is 0 Å². The van der Waals surface area contributed by atoms with Gasteiger partial charge >= 0.3 is 6.18 Å². The van der Waals surface area contributed by atoms with Crippen LogP contribution in [0.4, 0.5) is 30.2 Å². The predicted octanol–water partition coefficient (Wildman–Crippen LogP) is 6.84. The van der Waals surface area contributed by atoms with E-state index >= 15 is 0 Å². The highest BCUT2D eigenvalue weighted by atomic mass is 32.2. The third-order valence-electron chi connectivity index (χ3n) is 4.78. The van der Waals surface area contributed by atoms with E-state index in [1.54, 1.807) is 37.3 Å². The normalized spacial score (nSPS) is 11.9. The van der Waals surface area contributed by atoms with Gasteiger partial charge in [0.1, 0.15) is 0 Å². The Morgan fingerprint density at radius 3 is 2.09 bits per heavy atom. The van der Waals surface area contributed by atoms with Gasteiger partial charge < -0.3 is 16.0 Å². The van der Waals surface area contributed by atoms with E-state index in [0.717, 1.165) is 22.7 Å². The molecule has 0 fully saturated rings. The molecule has 1 unspecified atom stereocenters. The Labute approximate surface area is 210 Å². The fourth-order valence-corrected chi connectivity index (χ4v) is 4.17. The molecule has 0 aliphatic heterocycles. The molecule has 0 aliphatic carbocycles. The third-order valence-corrected chi connectivity index (χ3v) is 6.08. The van der Waals surface area contributed by atoms with Crippen molar-refractivity contribution in [3.63, 3.8) is 0 Å². The molecule has 3 rings (SSSR count). The average molecular weight is 518 g/mol. The number of carbonyl (C=O) groups excluding carboxylic acids is 2. The maximum atomic E-state index is 12.9. The van der Waals surface area contributed by atoms with Crippen molar-refractivity contribution in [2.24, 2.45) is 0 Å². The lowest BCUT2D eigenvalue weighted by Crippen LogP contribution is -2.22. The summed E-state index contributed by atoms with van der Waals surface area (Å²) in [6.07, 6.45) is -4.48. The van der Waals surface area contributed by atoms with Gasteiger partial charge in [0.05, 0.1) is 10.8 Å². The number of carbonyl (C=O) groups is 2. The predicted molar refractivity (Wildman–Crippen MR) is 138 cm³/mol. The highest BCUT2D eigenvalue weighted by Crippen LogP contribution is 2.31. The van der Waals surface area contributed by atoms with Crippen LogP contribution >= 0.6 is 24.0 Å². The second-order valence-corrected chi connectivity index (χ2v) is 9.39. The molecular formula is C25H22F3N3O2S2. The number of benzene rings is 3. The van der Waals surface area contributed by atoms with Crippen LogP contribution in [0.5, 0.6) is 0 Å². The van der Waals surface area contributed by atoms with Crippen LogP contribution in [0.15, 0.2) is 77.7 Å². The molecule has 0 bridgehead atoms. The SMILES string of the molecule is CC(=O)c1ccc(NC(=S)Nc2cccc(SC(C)C(=O)Nc3cccc(C(F)(F)F)c3)c2)cc1. The molecular weight excluding hydrogens is 495 g/mol. The molecule has 0 saturated carbocycles. The second kappa shape index (κ2) is 11.4. The summed E-state index contributed by atoms with van der Waals surface area (Å²) in [5.41, 5.74) is 1.27. The van der Waals surface area contributed by atoms with Gasteiger partial charge in [-0.05, 0) is 86.7 Å². The van der Waals surface area contributed by atoms with E-state index in [4.69, 9.17) is 12.2 Å². The summed E-state index contributed by atoms with van der Waals surface area (Å²) in [7, 11) is 0. The summed E-state index contributed by atoms with van der Waals surface area (Å²) in [6, 6.07) is 18.7. The smallest absolute Gasteiger partial charge is 0.332 e. The Kier molecular flexibility index (Phi) is 8.52. The van der Waals surface area contributed by atoms with E-state index in [1.807, 2.05) is 18.2 Å². The number of hydrogen-bond acceptors (Lipinski definition) is 4. The Hall–Kier alpha value is -3.37. The quantitative estimate of drug-likeness (QED) is 0.181. The van der Waals surface area contributed by atoms with Crippen LogP contribution < -0.4 is 16.0 Å². The van der Waals surface area contributed by atoms with Gasteiger partial charge in [0.25, 0.3) is 0 Å². The first-order valence-corrected chi connectivity index (χ1v) is 11.7. The Balaban J connectivity index is 1.57. The summed E-state index contributed by atoms with van der Waals surface area (Å²) in [6.45, 7) is 3.17. The Morgan fingerprint density at radius 2 is 1.46 bits per heavy atom. The molecule has 10 heteroatoms. The molecule has 1 amide bonds. The number of thiocarbonyl (C=S) groups is 1. The first-order valence-electron chi connectivity index (χ1n) is 10.4. The fourth-order valence-electron chi connectivity index (χ4n) is 3.00. The van der Waals surface area contributed by atoms with Crippen molar-refractivity contribution in [3.8, 4) is 0 Å². The van der Waals surface area contributed by atoms with Gasteiger partial charge in [-0.25, -0.2) is 0 Å². The molecule has 3 aromatic carbocycles. The second-order valence-electron chi connectivity index (χ2n) is 7.57. The molecule has 0 aliphatic rings. The highest BCUT2D eigenvalue weighted by molar-refractivity contribution is 8.00. The summed E-state index contributed by atoms with van der Waals surface area (Å²) in [5.74, 6) is -0.441. The van der Waals surface area contributed by atoms with Crippen LogP contribution in [0.3, 0.4) is 0 Å². The largest absolute Gasteiger partial charge is 0.416 e. The molecule has 5 nitrogen and oxygen atoms in total. The maximum absolute atomic E-state index is 12.9. The van der Waals surface area contributed by atoms with E-state index < -0.39 is 22.9 Å². The lowest BCUT2D eigenvalue weighted by molar-refractivity contribution is -0.137. The van der Waals surface area contributed by atoms with Gasteiger partial charge in [0, 0.05) is 27.5 Å². The van der Waals surface area contributed by atoms with Gasteiger partial charge in [0.15, 0.2) is 10.9 Å². The van der Waals surface area contributed by atoms with E-state index in [9.17, 15) is 22.8 Å². The monoisotopic (exact) mass is 517 g/mol. The zero-order valence-corrected chi connectivity index (χ0v) is 20.4. The lowest BCUT2D eigenvalue weighted by atomic mass is 10.1. The minimum atomic E-state index is -4.48. The zero-order chi connectivity index (χ0) is 25.6. The molecule has 182 valence electrons. The van der Waals surface area contributed by atoms with E-state index in [2.05, 4.69) is 16.0 Å². The number of thioether (sulfide) groups is 1. The molecule has 0 saturated heterocycles. The van der Waals surface area contributed by atoms with Gasteiger partial charge in [-0.2, -0.15) is 13.2 Å². The number of anilines is 3. The number of nitrogens with one attached hydrogen (secondary N) is 3. The minimum Gasteiger partial charge on any atom is -0.332 e. The van der Waals surface area contributed by atoms with Crippen LogP contribution in [0, 0.1) is 0 Å². The van der Waals surface area contributed by atoms with Gasteiger partial charge in [0.2, 0.25) is 5.91 Å². The Bertz CT molecular complexity index is 1230. The van der Waals surface area contributed by atoms with Crippen LogP contribution in [0.1, 0.15) is 29.8 Å². The van der Waals surface area contributed by atoms with Crippen LogP contribution in [-0.4, -0.2) is 22.1 Å². The molecule has 3 N–H and O–H groups in total. The summed E-state index contributed by atoms with van der Waals surface area (Å²) in [5, 5.41) is 8.41. The molecule has 1 atom stereocenters. The maximum Gasteiger partial charge on any atom is 0.416 e. The minimum absolute atomic E-state index is 0.0238. The average Bonchev–Trinajstić information content (AvgIpc) is 2.79. The lowest BCUT2D eigenvalue weighted by Gasteiger charge is -2.15. The summed E-state index contributed by atoms with van der Waals surface area (Å²) >= 11 is 6.60. The van der Waals surface area contributed by atoms with Gasteiger partial charge in [-0.1, -0.05) is 12.1 Å². The molecule has 0 spiro atoms. The summed E-state index contributed by atoms with van der Waals surface area (Å²) in [4.78, 5) is 24.7. The number of rotatable bonds is 7. The number of hydrogen-bond donors (Lipinski definition) is 3. The van der Waals surface area contributed by atoms with Crippen molar-refractivity contribution in [3.05, 3.63) is 83.9 Å². The number of ketones is 1. The Morgan fingerprint density at radius 1 is 0.857 bits per heavy atom. The first-order chi connectivity index (χ1) is 16.5. The third kappa shape index (κ3) is 7.83. The topological polar surface area (TPSA) is 70.2 Å². The number of halogens is 3. The van der Waals surface area contributed by atoms with E-state index in [-0.39, 0.29) is 11.5 Å². The number of amides is 1. The standard InChI is InChI=1S/C25H22F3N3O2S2/c1-15(32)17-9-11-19(12-10-17)30-24(34)31-21-7-4-8-22(14-21)35-16(2)23(33)29-20-6-3-5-18(13-20)25(26,27)28/h3-14,16H,1-2H3,(H,29,33)(H2,30,31,34). The molecule has 0 heterocycles. The number of alkyl halides is 3. The number of Topliss-reactive ketones (excluding diaryl/α,β-unsaturated/α-hetero) is 1. The first kappa shape index (κ1) is 26.2. The molecule has 0 radical (unpaired) electrons. The molecule has 3 aromatic rings. The van der Waals surface area contributed by atoms with E-state index in [1.165, 1.54) is 30.8 Å². The van der Waals surface area contributed by atoms with Gasteiger partial charge in [-0.15, -0.1) is 11.8 Å². The van der Waals surface area contributed by atoms with Crippen LogP contribution in [0.2, 0.25) is 0 Å². The van der Waals surface area contributed by atoms with Crippen molar-refractivity contribution in [2.75, 3.05) is 16.0 Å². The zero-order valence-electron chi connectivity index (χ0n) is 18.8. The summed E-state index contributed by atoms with van der Waals surface area (Å²) < 4.78 is 38.7. The van der Waals surface area contributed by atoms with Crippen molar-refractivity contribution in [1.82, 2.24) is 0 Å². The van der Waals surface area contributed by atoms with Crippen LogP contribution in [-0.2, 0) is 11.0 Å².